The Kier molecular flexibility index (Phi) is 13.0. The second kappa shape index (κ2) is 16.6. The Morgan fingerprint density at radius 1 is 0.795 bits per heavy atom. The van der Waals surface area contributed by atoms with E-state index >= 15 is 0 Å². The van der Waals surface area contributed by atoms with Gasteiger partial charge in [-0.15, -0.1) is 0 Å². The van der Waals surface area contributed by atoms with E-state index in [1.165, 1.54) is 6.33 Å². The first kappa shape index (κ1) is 34.3. The number of imidazole rings is 1. The molecule has 44 heavy (non-hydrogen) atoms. The molecule has 11 nitrogen and oxygen atoms in total. The average molecular weight is 608 g/mol. The van der Waals surface area contributed by atoms with Crippen molar-refractivity contribution in [3.8, 4) is 0 Å². The minimum Gasteiger partial charge on any atom is -0.361 e. The molecule has 1 aromatic carbocycles. The zero-order chi connectivity index (χ0) is 32.2. The normalized spacial score (nSPS) is 15.4. The Morgan fingerprint density at radius 3 is 2.14 bits per heavy atom. The van der Waals surface area contributed by atoms with Gasteiger partial charge in [-0.05, 0) is 36.8 Å². The van der Waals surface area contributed by atoms with Crippen molar-refractivity contribution < 1.29 is 19.2 Å². The molecule has 0 unspecified atom stereocenters. The van der Waals surface area contributed by atoms with Crippen molar-refractivity contribution >= 4 is 34.5 Å². The number of rotatable bonds is 17. The van der Waals surface area contributed by atoms with E-state index < -0.39 is 29.9 Å². The number of H-pyrrole nitrogens is 2. The van der Waals surface area contributed by atoms with Gasteiger partial charge in [0.25, 0.3) is 0 Å². The summed E-state index contributed by atoms with van der Waals surface area (Å²) in [5, 5.41) is 12.7. The maximum Gasteiger partial charge on any atom is 0.243 e. The molecule has 240 valence electrons. The maximum atomic E-state index is 13.9. The Morgan fingerprint density at radius 2 is 1.48 bits per heavy atom. The molecule has 3 rings (SSSR count). The number of amides is 4. The van der Waals surface area contributed by atoms with Crippen LogP contribution in [-0.2, 0) is 32.0 Å². The van der Waals surface area contributed by atoms with Crippen LogP contribution >= 0.6 is 0 Å². The van der Waals surface area contributed by atoms with Crippen molar-refractivity contribution in [3.63, 3.8) is 0 Å². The summed E-state index contributed by atoms with van der Waals surface area (Å²) in [6.45, 7) is 11.7. The molecular weight excluding hydrogens is 558 g/mol. The van der Waals surface area contributed by atoms with Crippen LogP contribution in [0.4, 0.5) is 0 Å². The van der Waals surface area contributed by atoms with Gasteiger partial charge in [0.05, 0.1) is 6.33 Å². The van der Waals surface area contributed by atoms with Crippen molar-refractivity contribution in [2.24, 2.45) is 11.8 Å². The van der Waals surface area contributed by atoms with Gasteiger partial charge in [0, 0.05) is 54.3 Å². The fraction of sp³-hybridized carbons (Fsp3) is 0.545. The van der Waals surface area contributed by atoms with Gasteiger partial charge in [-0.1, -0.05) is 65.7 Å². The van der Waals surface area contributed by atoms with Gasteiger partial charge in [0.2, 0.25) is 23.6 Å². The Labute approximate surface area is 260 Å². The van der Waals surface area contributed by atoms with Crippen LogP contribution in [-0.4, -0.2) is 62.7 Å². The fourth-order valence-electron chi connectivity index (χ4n) is 4.93. The largest absolute Gasteiger partial charge is 0.361 e. The van der Waals surface area contributed by atoms with Crippen LogP contribution < -0.4 is 21.3 Å². The lowest BCUT2D eigenvalue weighted by Crippen LogP contribution is -2.59. The third-order valence-corrected chi connectivity index (χ3v) is 8.39. The van der Waals surface area contributed by atoms with Crippen molar-refractivity contribution in [3.05, 3.63) is 54.2 Å². The van der Waals surface area contributed by atoms with Gasteiger partial charge in [0.15, 0.2) is 0 Å². The van der Waals surface area contributed by atoms with Crippen LogP contribution in [0.2, 0.25) is 0 Å². The summed E-state index contributed by atoms with van der Waals surface area (Å²) in [6, 6.07) is 4.97. The van der Waals surface area contributed by atoms with Gasteiger partial charge in [0.1, 0.15) is 18.1 Å². The molecule has 0 aliphatic rings. The van der Waals surface area contributed by atoms with E-state index in [4.69, 9.17) is 0 Å². The second-order valence-electron chi connectivity index (χ2n) is 11.9. The molecular formula is C33H49N7O4. The molecule has 0 aliphatic heterocycles. The Balaban J connectivity index is 1.85. The van der Waals surface area contributed by atoms with Crippen molar-refractivity contribution in [2.75, 3.05) is 0 Å². The van der Waals surface area contributed by atoms with Crippen LogP contribution in [0.25, 0.3) is 10.9 Å². The first-order chi connectivity index (χ1) is 21.1. The lowest BCUT2D eigenvalue weighted by molar-refractivity contribution is -0.134. The third-order valence-electron chi connectivity index (χ3n) is 8.39. The number of para-hydroxylation sites is 1. The number of hydrogen-bond acceptors (Lipinski definition) is 5. The Hall–Kier alpha value is -4.15. The van der Waals surface area contributed by atoms with Crippen LogP contribution in [0.5, 0.6) is 0 Å². The van der Waals surface area contributed by atoms with Crippen LogP contribution in [0.1, 0.15) is 78.5 Å². The number of hydrogen-bond donors (Lipinski definition) is 6. The lowest BCUT2D eigenvalue weighted by atomic mass is 9.96. The summed E-state index contributed by atoms with van der Waals surface area (Å²) in [5.41, 5.74) is 2.47. The number of benzene rings is 1. The highest BCUT2D eigenvalue weighted by Gasteiger charge is 2.32. The van der Waals surface area contributed by atoms with E-state index in [0.717, 1.165) is 29.3 Å². The van der Waals surface area contributed by atoms with Gasteiger partial charge >= 0.3 is 0 Å². The van der Waals surface area contributed by atoms with E-state index in [1.807, 2.05) is 72.0 Å². The predicted molar refractivity (Wildman–Crippen MR) is 172 cm³/mol. The van der Waals surface area contributed by atoms with E-state index in [1.54, 1.807) is 6.20 Å². The van der Waals surface area contributed by atoms with Gasteiger partial charge < -0.3 is 31.2 Å². The summed E-state index contributed by atoms with van der Waals surface area (Å²) in [6.07, 6.45) is 7.87. The van der Waals surface area contributed by atoms with Crippen LogP contribution in [0.15, 0.2) is 43.0 Å². The number of carbonyl (C=O) groups excluding carboxylic acids is 4. The minimum atomic E-state index is -1.03. The molecule has 4 amide bonds. The molecule has 0 saturated heterocycles. The standard InChI is InChI=1S/C33H49N7O4/c1-7-20(4)14-29(41)40-30(21(5)8-2)33(44)39-28(16-24-18-34-19-36-24)32(43)38-27(31(42)37-22(6)9-3)15-23-17-35-26-13-11-10-12-25(23)26/h10-13,17-22,27-28,30,35H,7-9,14-16H2,1-6H3,(H,34,36)(H,37,42)(H,38,43)(H,39,44)(H,40,41)/t20-,21-,22+,27-,28-,30-/m1/s1. The SMILES string of the molecule is CC[C@@H](C)CC(=O)N[C@@H](C(=O)N[C@H](Cc1cnc[nH]1)C(=O)N[C@H](Cc1c[nH]c2ccccc12)C(=O)N[C@@H](C)CC)[C@H](C)CC. The zero-order valence-corrected chi connectivity index (χ0v) is 26.8. The van der Waals surface area contributed by atoms with E-state index in [2.05, 4.69) is 36.2 Å². The molecule has 0 bridgehead atoms. The van der Waals surface area contributed by atoms with Crippen molar-refractivity contribution in [1.82, 2.24) is 36.2 Å². The molecule has 2 heterocycles. The average Bonchev–Trinajstić information content (AvgIpc) is 3.68. The number of nitrogens with zero attached hydrogens (tertiary/aromatic N) is 1. The second-order valence-corrected chi connectivity index (χ2v) is 11.9. The first-order valence-corrected chi connectivity index (χ1v) is 15.8. The summed E-state index contributed by atoms with van der Waals surface area (Å²) in [5.74, 6) is -1.44. The molecule has 0 radical (unpaired) electrons. The summed E-state index contributed by atoms with van der Waals surface area (Å²) in [7, 11) is 0. The molecule has 0 aliphatic carbocycles. The number of fused-ring (bicyclic) bond motifs is 1. The number of aromatic nitrogens is 3. The molecule has 0 fully saturated rings. The molecule has 2 aromatic heterocycles. The fourth-order valence-corrected chi connectivity index (χ4v) is 4.93. The number of aromatic amines is 2. The highest BCUT2D eigenvalue weighted by atomic mass is 16.2. The minimum absolute atomic E-state index is 0.0827. The summed E-state index contributed by atoms with van der Waals surface area (Å²) >= 11 is 0. The van der Waals surface area contributed by atoms with Gasteiger partial charge in [-0.25, -0.2) is 4.98 Å². The lowest BCUT2D eigenvalue weighted by Gasteiger charge is -2.28. The highest BCUT2D eigenvalue weighted by Crippen LogP contribution is 2.19. The molecule has 0 saturated carbocycles. The first-order valence-electron chi connectivity index (χ1n) is 15.8. The maximum absolute atomic E-state index is 13.9. The van der Waals surface area contributed by atoms with E-state index in [9.17, 15) is 19.2 Å². The summed E-state index contributed by atoms with van der Waals surface area (Å²) in [4.78, 5) is 64.1. The number of carbonyl (C=O) groups is 4. The Bertz CT molecular complexity index is 1370. The molecule has 11 heteroatoms. The number of nitrogens with one attached hydrogen (secondary N) is 6. The zero-order valence-electron chi connectivity index (χ0n) is 26.8. The van der Waals surface area contributed by atoms with Gasteiger partial charge in [-0.2, -0.15) is 0 Å². The topological polar surface area (TPSA) is 161 Å². The van der Waals surface area contributed by atoms with E-state index in [0.29, 0.717) is 18.5 Å². The van der Waals surface area contributed by atoms with E-state index in [-0.39, 0.29) is 42.5 Å². The quantitative estimate of drug-likeness (QED) is 0.138. The van der Waals surface area contributed by atoms with Crippen molar-refractivity contribution in [2.45, 2.75) is 104 Å². The highest BCUT2D eigenvalue weighted by molar-refractivity contribution is 5.95. The molecule has 6 N–H and O–H groups in total. The van der Waals surface area contributed by atoms with Crippen molar-refractivity contribution in [1.29, 1.82) is 0 Å². The smallest absolute Gasteiger partial charge is 0.243 e. The molecule has 3 aromatic rings. The summed E-state index contributed by atoms with van der Waals surface area (Å²) < 4.78 is 0. The third kappa shape index (κ3) is 9.68. The van der Waals surface area contributed by atoms with Gasteiger partial charge in [-0.3, -0.25) is 19.2 Å². The molecule has 0 spiro atoms. The predicted octanol–water partition coefficient (Wildman–Crippen LogP) is 3.53. The van der Waals surface area contributed by atoms with Crippen LogP contribution in [0.3, 0.4) is 0 Å². The molecule has 6 atom stereocenters. The van der Waals surface area contributed by atoms with Crippen LogP contribution in [0, 0.1) is 11.8 Å². The monoisotopic (exact) mass is 607 g/mol.